The minimum atomic E-state index is -0.754. The van der Waals surface area contributed by atoms with E-state index in [1.54, 1.807) is 6.07 Å². The van der Waals surface area contributed by atoms with Crippen LogP contribution in [0.3, 0.4) is 0 Å². The van der Waals surface area contributed by atoms with Crippen molar-refractivity contribution in [2.75, 3.05) is 0 Å². The first-order valence-electron chi connectivity index (χ1n) is 5.95. The summed E-state index contributed by atoms with van der Waals surface area (Å²) in [5.41, 5.74) is 1.52. The lowest BCUT2D eigenvalue weighted by molar-refractivity contribution is 0.432. The molecule has 3 N–H and O–H groups in total. The SMILES string of the molecule is CC(C)c1cc(-c2ccc(O)c(F)c2)c(O)cc1O. The highest BCUT2D eigenvalue weighted by atomic mass is 19.1. The predicted molar refractivity (Wildman–Crippen MR) is 70.9 cm³/mol. The van der Waals surface area contributed by atoms with Crippen LogP contribution in [0, 0.1) is 5.82 Å². The molecule has 0 spiro atoms. The minimum absolute atomic E-state index is 0.00972. The number of phenols is 3. The zero-order chi connectivity index (χ0) is 14.2. The molecule has 2 aromatic rings. The summed E-state index contributed by atoms with van der Waals surface area (Å²) in [6.07, 6.45) is 0. The van der Waals surface area contributed by atoms with Crippen LogP contribution in [-0.2, 0) is 0 Å². The second-order valence-electron chi connectivity index (χ2n) is 4.75. The van der Waals surface area contributed by atoms with Crippen LogP contribution in [0.4, 0.5) is 4.39 Å². The minimum Gasteiger partial charge on any atom is -0.508 e. The van der Waals surface area contributed by atoms with Crippen molar-refractivity contribution in [1.29, 1.82) is 0 Å². The van der Waals surface area contributed by atoms with Gasteiger partial charge in [-0.25, -0.2) is 4.39 Å². The Bertz CT molecular complexity index is 621. The van der Waals surface area contributed by atoms with Crippen LogP contribution in [0.5, 0.6) is 17.2 Å². The highest BCUT2D eigenvalue weighted by Gasteiger charge is 2.14. The largest absolute Gasteiger partial charge is 0.508 e. The molecule has 4 heteroatoms. The van der Waals surface area contributed by atoms with E-state index in [-0.39, 0.29) is 17.4 Å². The van der Waals surface area contributed by atoms with Gasteiger partial charge < -0.3 is 15.3 Å². The first-order chi connectivity index (χ1) is 8.90. The molecule has 0 unspecified atom stereocenters. The maximum Gasteiger partial charge on any atom is 0.165 e. The van der Waals surface area contributed by atoms with Crippen molar-refractivity contribution >= 4 is 0 Å². The van der Waals surface area contributed by atoms with Gasteiger partial charge in [0.1, 0.15) is 11.5 Å². The van der Waals surface area contributed by atoms with Gasteiger partial charge in [-0.1, -0.05) is 19.9 Å². The van der Waals surface area contributed by atoms with Gasteiger partial charge in [-0.3, -0.25) is 0 Å². The topological polar surface area (TPSA) is 60.7 Å². The Morgan fingerprint density at radius 2 is 1.58 bits per heavy atom. The van der Waals surface area contributed by atoms with Gasteiger partial charge in [0, 0.05) is 11.6 Å². The van der Waals surface area contributed by atoms with Gasteiger partial charge >= 0.3 is 0 Å². The maximum atomic E-state index is 13.4. The molecule has 0 atom stereocenters. The molecule has 100 valence electrons. The van der Waals surface area contributed by atoms with Crippen molar-refractivity contribution in [3.63, 3.8) is 0 Å². The molecule has 0 saturated heterocycles. The van der Waals surface area contributed by atoms with E-state index in [1.807, 2.05) is 13.8 Å². The maximum absolute atomic E-state index is 13.4. The molecule has 3 nitrogen and oxygen atoms in total. The zero-order valence-electron chi connectivity index (χ0n) is 10.7. The Labute approximate surface area is 110 Å². The van der Waals surface area contributed by atoms with E-state index >= 15 is 0 Å². The summed E-state index contributed by atoms with van der Waals surface area (Å²) in [5, 5.41) is 28.8. The van der Waals surface area contributed by atoms with Crippen molar-refractivity contribution in [2.45, 2.75) is 19.8 Å². The lowest BCUT2D eigenvalue weighted by Crippen LogP contribution is -1.91. The van der Waals surface area contributed by atoms with E-state index in [1.165, 1.54) is 18.2 Å². The van der Waals surface area contributed by atoms with Gasteiger partial charge in [-0.2, -0.15) is 0 Å². The molecule has 0 radical (unpaired) electrons. The van der Waals surface area contributed by atoms with Crippen LogP contribution in [0.25, 0.3) is 11.1 Å². The van der Waals surface area contributed by atoms with Crippen molar-refractivity contribution in [1.82, 2.24) is 0 Å². The van der Waals surface area contributed by atoms with E-state index in [2.05, 4.69) is 0 Å². The first kappa shape index (κ1) is 13.2. The van der Waals surface area contributed by atoms with E-state index in [9.17, 15) is 14.6 Å². The molecule has 0 aliphatic heterocycles. The van der Waals surface area contributed by atoms with Crippen LogP contribution in [-0.4, -0.2) is 15.3 Å². The Morgan fingerprint density at radius 1 is 0.895 bits per heavy atom. The highest BCUT2D eigenvalue weighted by Crippen LogP contribution is 2.38. The van der Waals surface area contributed by atoms with Gasteiger partial charge in [0.05, 0.1) is 0 Å². The van der Waals surface area contributed by atoms with Crippen LogP contribution in [0.1, 0.15) is 25.3 Å². The number of benzene rings is 2. The fraction of sp³-hybridized carbons (Fsp3) is 0.200. The fourth-order valence-electron chi connectivity index (χ4n) is 1.96. The number of aromatic hydroxyl groups is 3. The molecule has 0 fully saturated rings. The fourth-order valence-corrected chi connectivity index (χ4v) is 1.96. The van der Waals surface area contributed by atoms with Gasteiger partial charge in [0.15, 0.2) is 11.6 Å². The molecule has 2 rings (SSSR count). The Kier molecular flexibility index (Phi) is 3.34. The quantitative estimate of drug-likeness (QED) is 0.772. The van der Waals surface area contributed by atoms with E-state index in [0.29, 0.717) is 16.7 Å². The molecule has 0 amide bonds. The Balaban J connectivity index is 2.61. The van der Waals surface area contributed by atoms with Crippen molar-refractivity contribution in [2.24, 2.45) is 0 Å². The van der Waals surface area contributed by atoms with Gasteiger partial charge in [0.2, 0.25) is 0 Å². The van der Waals surface area contributed by atoms with E-state index in [4.69, 9.17) is 5.11 Å². The summed E-state index contributed by atoms with van der Waals surface area (Å²) in [6, 6.07) is 6.75. The van der Waals surface area contributed by atoms with E-state index in [0.717, 1.165) is 6.07 Å². The van der Waals surface area contributed by atoms with Crippen LogP contribution < -0.4 is 0 Å². The average Bonchev–Trinajstić information content (AvgIpc) is 2.32. The molecule has 0 saturated carbocycles. The zero-order valence-corrected chi connectivity index (χ0v) is 10.7. The van der Waals surface area contributed by atoms with Crippen LogP contribution in [0.2, 0.25) is 0 Å². The van der Waals surface area contributed by atoms with Crippen LogP contribution >= 0.6 is 0 Å². The Morgan fingerprint density at radius 3 is 2.16 bits per heavy atom. The highest BCUT2D eigenvalue weighted by molar-refractivity contribution is 5.73. The van der Waals surface area contributed by atoms with Gasteiger partial charge in [-0.05, 0) is 35.2 Å². The van der Waals surface area contributed by atoms with Gasteiger partial charge in [0.25, 0.3) is 0 Å². The molecule has 0 bridgehead atoms. The second-order valence-corrected chi connectivity index (χ2v) is 4.75. The first-order valence-corrected chi connectivity index (χ1v) is 5.95. The van der Waals surface area contributed by atoms with Crippen molar-refractivity contribution in [3.8, 4) is 28.4 Å². The molecular weight excluding hydrogens is 247 g/mol. The number of halogens is 1. The number of rotatable bonds is 2. The number of hydrogen-bond donors (Lipinski definition) is 3. The molecule has 0 heterocycles. The summed E-state index contributed by atoms with van der Waals surface area (Å²) in [6.45, 7) is 3.82. The smallest absolute Gasteiger partial charge is 0.165 e. The van der Waals surface area contributed by atoms with E-state index < -0.39 is 11.6 Å². The molecule has 0 aliphatic rings. The monoisotopic (exact) mass is 262 g/mol. The van der Waals surface area contributed by atoms with Crippen LogP contribution in [0.15, 0.2) is 30.3 Å². The second kappa shape index (κ2) is 4.80. The Hall–Kier alpha value is -2.23. The molecular formula is C15H15FO3. The summed E-state index contributed by atoms with van der Waals surface area (Å²) < 4.78 is 13.4. The van der Waals surface area contributed by atoms with Crippen molar-refractivity contribution in [3.05, 3.63) is 41.7 Å². The van der Waals surface area contributed by atoms with Gasteiger partial charge in [-0.15, -0.1) is 0 Å². The third-order valence-corrected chi connectivity index (χ3v) is 3.03. The third-order valence-electron chi connectivity index (χ3n) is 3.03. The lowest BCUT2D eigenvalue weighted by atomic mass is 9.95. The molecule has 2 aromatic carbocycles. The normalized spacial score (nSPS) is 10.9. The number of hydrogen-bond acceptors (Lipinski definition) is 3. The summed E-state index contributed by atoms with van der Waals surface area (Å²) in [4.78, 5) is 0. The lowest BCUT2D eigenvalue weighted by Gasteiger charge is -2.13. The molecule has 19 heavy (non-hydrogen) atoms. The molecule has 0 aromatic heterocycles. The average molecular weight is 262 g/mol. The standard InChI is InChI=1S/C15H15FO3/c1-8(2)10-6-11(15(19)7-14(10)18)9-3-4-13(17)12(16)5-9/h3-8,17-19H,1-2H3. The number of phenolic OH excluding ortho intramolecular Hbond substituents is 3. The summed E-state index contributed by atoms with van der Waals surface area (Å²) in [5.74, 6) is -1.24. The third kappa shape index (κ3) is 2.47. The predicted octanol–water partition coefficient (Wildman–Crippen LogP) is 3.73. The van der Waals surface area contributed by atoms with Crippen molar-refractivity contribution < 1.29 is 19.7 Å². The summed E-state index contributed by atoms with van der Waals surface area (Å²) in [7, 11) is 0. The molecule has 0 aliphatic carbocycles. The summed E-state index contributed by atoms with van der Waals surface area (Å²) >= 11 is 0.